The third-order valence-electron chi connectivity index (χ3n) is 7.05. The van der Waals surface area contributed by atoms with Gasteiger partial charge in [-0.05, 0) is 67.0 Å². The van der Waals surface area contributed by atoms with Crippen molar-refractivity contribution in [3.05, 3.63) is 100 Å². The summed E-state index contributed by atoms with van der Waals surface area (Å²) in [5.41, 5.74) is 7.16. The van der Waals surface area contributed by atoms with E-state index in [-0.39, 0.29) is 5.92 Å². The molecule has 0 bridgehead atoms. The fourth-order valence-electron chi connectivity index (χ4n) is 5.04. The maximum absolute atomic E-state index is 11.8. The average molecular weight is 492 g/mol. The number of hydrogen-bond donors (Lipinski definition) is 1. The van der Waals surface area contributed by atoms with Crippen molar-refractivity contribution in [1.29, 1.82) is 0 Å². The molecule has 35 heavy (non-hydrogen) atoms. The Kier molecular flexibility index (Phi) is 7.67. The molecule has 184 valence electrons. The summed E-state index contributed by atoms with van der Waals surface area (Å²) in [4.78, 5) is 4.27. The molecule has 0 radical (unpaired) electrons. The van der Waals surface area contributed by atoms with E-state index < -0.39 is 10.0 Å². The summed E-state index contributed by atoms with van der Waals surface area (Å²) in [6.07, 6.45) is 5.23. The van der Waals surface area contributed by atoms with Gasteiger partial charge in [-0.3, -0.25) is 4.98 Å². The molecule has 0 unspecified atom stereocenters. The van der Waals surface area contributed by atoms with E-state index in [0.717, 1.165) is 29.7 Å². The maximum atomic E-state index is 11.8. The van der Waals surface area contributed by atoms with Gasteiger partial charge in [-0.25, -0.2) is 12.7 Å². The van der Waals surface area contributed by atoms with Gasteiger partial charge >= 0.3 is 0 Å². The largest absolute Gasteiger partial charge is 0.411 e. The third kappa shape index (κ3) is 5.97. The molecule has 0 saturated carbocycles. The van der Waals surface area contributed by atoms with Crippen molar-refractivity contribution in [3.8, 4) is 0 Å². The summed E-state index contributed by atoms with van der Waals surface area (Å²) in [6, 6.07) is 20.8. The summed E-state index contributed by atoms with van der Waals surface area (Å²) in [6.45, 7) is 5.17. The van der Waals surface area contributed by atoms with Crippen LogP contribution in [-0.4, -0.2) is 48.0 Å². The molecule has 1 N–H and O–H groups in total. The number of pyridine rings is 1. The molecule has 4 rings (SSSR count). The van der Waals surface area contributed by atoms with Crippen LogP contribution in [0.25, 0.3) is 0 Å². The van der Waals surface area contributed by atoms with Gasteiger partial charge in [0, 0.05) is 42.9 Å². The lowest BCUT2D eigenvalue weighted by atomic mass is 9.82. The molecule has 7 heteroatoms. The molecule has 1 aliphatic rings. The Morgan fingerprint density at radius 1 is 1.09 bits per heavy atom. The first kappa shape index (κ1) is 25.1. The zero-order valence-electron chi connectivity index (χ0n) is 20.6. The highest BCUT2D eigenvalue weighted by atomic mass is 32.2. The van der Waals surface area contributed by atoms with Gasteiger partial charge in [0.1, 0.15) is 0 Å². The zero-order chi connectivity index (χ0) is 25.0. The van der Waals surface area contributed by atoms with Crippen molar-refractivity contribution < 1.29 is 13.6 Å². The molecule has 0 amide bonds. The van der Waals surface area contributed by atoms with Gasteiger partial charge in [-0.15, -0.1) is 0 Å². The van der Waals surface area contributed by atoms with Gasteiger partial charge in [0.2, 0.25) is 10.0 Å². The SMILES string of the molecule is Cc1cc(/C(C[C@H](c2ccc(C3CCN(S(C)(=O)=O)CC3)cc2)c2ccccc2C)=N\O)ccn1. The molecule has 1 fully saturated rings. The number of oxime groups is 1. The van der Waals surface area contributed by atoms with E-state index >= 15 is 0 Å². The van der Waals surface area contributed by atoms with Crippen LogP contribution in [0.3, 0.4) is 0 Å². The fraction of sp³-hybridized carbons (Fsp3) is 0.357. The van der Waals surface area contributed by atoms with E-state index in [0.29, 0.717) is 31.1 Å². The third-order valence-corrected chi connectivity index (χ3v) is 8.35. The Labute approximate surface area is 208 Å². The van der Waals surface area contributed by atoms with Crippen molar-refractivity contribution in [2.45, 2.75) is 44.9 Å². The Morgan fingerprint density at radius 3 is 2.37 bits per heavy atom. The van der Waals surface area contributed by atoms with Gasteiger partial charge in [-0.2, -0.15) is 0 Å². The molecule has 3 aromatic rings. The van der Waals surface area contributed by atoms with E-state index in [1.165, 1.54) is 22.9 Å². The fourth-order valence-corrected chi connectivity index (χ4v) is 5.92. The number of piperidine rings is 1. The second kappa shape index (κ2) is 10.7. The topological polar surface area (TPSA) is 82.9 Å². The van der Waals surface area contributed by atoms with E-state index in [1.807, 2.05) is 31.2 Å². The van der Waals surface area contributed by atoms with Crippen molar-refractivity contribution in [3.63, 3.8) is 0 Å². The highest BCUT2D eigenvalue weighted by Crippen LogP contribution is 2.34. The van der Waals surface area contributed by atoms with Crippen LogP contribution >= 0.6 is 0 Å². The molecule has 0 aliphatic carbocycles. The maximum Gasteiger partial charge on any atom is 0.211 e. The summed E-state index contributed by atoms with van der Waals surface area (Å²) in [5, 5.41) is 13.6. The molecule has 2 heterocycles. The molecule has 1 saturated heterocycles. The number of sulfonamides is 1. The molecular weight excluding hydrogens is 458 g/mol. The Balaban J connectivity index is 1.60. The number of aromatic nitrogens is 1. The molecule has 1 aromatic heterocycles. The predicted octanol–water partition coefficient (Wildman–Crippen LogP) is 5.24. The van der Waals surface area contributed by atoms with E-state index in [4.69, 9.17) is 0 Å². The second-order valence-corrected chi connectivity index (χ2v) is 11.4. The average Bonchev–Trinajstić information content (AvgIpc) is 2.85. The van der Waals surface area contributed by atoms with Crippen LogP contribution < -0.4 is 0 Å². The summed E-state index contributed by atoms with van der Waals surface area (Å²) in [5.74, 6) is 0.380. The van der Waals surface area contributed by atoms with E-state index in [1.54, 1.807) is 10.5 Å². The van der Waals surface area contributed by atoms with Crippen molar-refractivity contribution in [1.82, 2.24) is 9.29 Å². The first-order chi connectivity index (χ1) is 16.8. The lowest BCUT2D eigenvalue weighted by Gasteiger charge is -2.30. The monoisotopic (exact) mass is 491 g/mol. The van der Waals surface area contributed by atoms with E-state index in [2.05, 4.69) is 53.5 Å². The van der Waals surface area contributed by atoms with Crippen molar-refractivity contribution in [2.75, 3.05) is 19.3 Å². The van der Waals surface area contributed by atoms with Crippen molar-refractivity contribution in [2.24, 2.45) is 5.16 Å². The zero-order valence-corrected chi connectivity index (χ0v) is 21.4. The Morgan fingerprint density at radius 2 is 1.77 bits per heavy atom. The molecular formula is C28H33N3O3S. The molecule has 6 nitrogen and oxygen atoms in total. The number of hydrogen-bond acceptors (Lipinski definition) is 5. The highest BCUT2D eigenvalue weighted by molar-refractivity contribution is 7.88. The Hall–Kier alpha value is -3.03. The van der Waals surface area contributed by atoms with Crippen LogP contribution in [0.15, 0.2) is 72.0 Å². The minimum atomic E-state index is -3.13. The molecule has 2 aromatic carbocycles. The van der Waals surface area contributed by atoms with E-state index in [9.17, 15) is 13.6 Å². The minimum absolute atomic E-state index is 0.0247. The molecule has 1 atom stereocenters. The van der Waals surface area contributed by atoms with Crippen LogP contribution in [0.1, 0.15) is 64.6 Å². The van der Waals surface area contributed by atoms with Crippen LogP contribution in [-0.2, 0) is 10.0 Å². The quantitative estimate of drug-likeness (QED) is 0.278. The van der Waals surface area contributed by atoms with Crippen LogP contribution in [0, 0.1) is 13.8 Å². The predicted molar refractivity (Wildman–Crippen MR) is 140 cm³/mol. The minimum Gasteiger partial charge on any atom is -0.411 e. The first-order valence-electron chi connectivity index (χ1n) is 12.0. The smallest absolute Gasteiger partial charge is 0.211 e. The number of nitrogens with zero attached hydrogens (tertiary/aromatic N) is 3. The summed E-state index contributed by atoms with van der Waals surface area (Å²) >= 11 is 0. The highest BCUT2D eigenvalue weighted by Gasteiger charge is 2.26. The van der Waals surface area contributed by atoms with Crippen LogP contribution in [0.2, 0.25) is 0 Å². The second-order valence-electron chi connectivity index (χ2n) is 9.45. The summed E-state index contributed by atoms with van der Waals surface area (Å²) < 4.78 is 25.3. The lowest BCUT2D eigenvalue weighted by molar-refractivity contribution is 0.317. The standard InChI is InChI=1S/C28H33N3O3S/c1-20-6-4-5-7-26(20)27(19-28(30-32)25-12-15-29-21(2)18-25)24-10-8-22(9-11-24)23-13-16-31(17-14-23)35(3,33)34/h4-12,15,18,23,27,32H,13-14,16-17,19H2,1-3H3/b30-28-/t27-/m1/s1. The Bertz CT molecular complexity index is 1300. The first-order valence-corrected chi connectivity index (χ1v) is 13.9. The van der Waals surface area contributed by atoms with Crippen LogP contribution in [0.4, 0.5) is 0 Å². The number of rotatable bonds is 7. The van der Waals surface area contributed by atoms with Gasteiger partial charge in [-0.1, -0.05) is 53.7 Å². The van der Waals surface area contributed by atoms with Crippen molar-refractivity contribution >= 4 is 15.7 Å². The number of benzene rings is 2. The van der Waals surface area contributed by atoms with Gasteiger partial charge in [0.05, 0.1) is 12.0 Å². The molecule has 1 aliphatic heterocycles. The van der Waals surface area contributed by atoms with Crippen LogP contribution in [0.5, 0.6) is 0 Å². The number of aryl methyl sites for hydroxylation is 2. The normalized spacial score (nSPS) is 16.8. The lowest BCUT2D eigenvalue weighted by Crippen LogP contribution is -2.37. The van der Waals surface area contributed by atoms with Gasteiger partial charge in [0.15, 0.2) is 0 Å². The van der Waals surface area contributed by atoms with Gasteiger partial charge < -0.3 is 5.21 Å². The summed E-state index contributed by atoms with van der Waals surface area (Å²) in [7, 11) is -3.13. The molecule has 0 spiro atoms. The van der Waals surface area contributed by atoms with Gasteiger partial charge in [0.25, 0.3) is 0 Å².